The standard InChI is InChI=1S/C51H40B5NO/c1-27-18-24-40-37(26-27)44-41(58-40)25-23-30(51(44)57-38-16-8-6-10-31(38)32-11-7-9-17-39(32)57)28-19-21-29(22-20-28)42-33-12-2-4-14-35(33)43(36-15-5-3-13-34(36)42)45-46(52)48(54)50(56)49(55)47(45)53/h2-25,27H,26,52-56H2,1H3. The van der Waals surface area contributed by atoms with Gasteiger partial charge in [-0.05, 0) is 92.0 Å². The van der Waals surface area contributed by atoms with E-state index in [9.17, 15) is 0 Å². The first-order valence-electron chi connectivity index (χ1n) is 20.7. The molecule has 1 aliphatic carbocycles. The third-order valence-electron chi connectivity index (χ3n) is 13.5. The van der Waals surface area contributed by atoms with E-state index in [-0.39, 0.29) is 0 Å². The van der Waals surface area contributed by atoms with E-state index in [0.29, 0.717) is 5.92 Å². The predicted octanol–water partition coefficient (Wildman–Crippen LogP) is 5.33. The van der Waals surface area contributed by atoms with Crippen LogP contribution in [0, 0.1) is 5.92 Å². The molecule has 0 amide bonds. The maximum absolute atomic E-state index is 6.63. The Bertz CT molecular complexity index is 3250. The summed E-state index contributed by atoms with van der Waals surface area (Å²) in [5, 5.41) is 8.86. The van der Waals surface area contributed by atoms with Gasteiger partial charge in [0.05, 0.1) is 16.7 Å². The number of furan rings is 1. The van der Waals surface area contributed by atoms with Gasteiger partial charge >= 0.3 is 0 Å². The van der Waals surface area contributed by atoms with Gasteiger partial charge in [-0.15, -0.1) is 16.4 Å². The van der Waals surface area contributed by atoms with Crippen molar-refractivity contribution in [3.63, 3.8) is 0 Å². The predicted molar refractivity (Wildman–Crippen MR) is 265 cm³/mol. The summed E-state index contributed by atoms with van der Waals surface area (Å²) < 4.78 is 9.12. The van der Waals surface area contributed by atoms with Gasteiger partial charge in [-0.1, -0.05) is 133 Å². The molecule has 10 aromatic rings. The Kier molecular flexibility index (Phi) is 7.89. The van der Waals surface area contributed by atoms with Crippen LogP contribution in [0.4, 0.5) is 0 Å². The summed E-state index contributed by atoms with van der Waals surface area (Å²) in [5.74, 6) is 1.41. The Morgan fingerprint density at radius 3 is 1.55 bits per heavy atom. The average Bonchev–Trinajstić information content (AvgIpc) is 3.80. The van der Waals surface area contributed by atoms with Crippen molar-refractivity contribution in [3.05, 3.63) is 151 Å². The summed E-state index contributed by atoms with van der Waals surface area (Å²) in [6, 6.07) is 49.5. The number of benzene rings is 8. The van der Waals surface area contributed by atoms with Crippen LogP contribution >= 0.6 is 0 Å². The second-order valence-electron chi connectivity index (χ2n) is 16.6. The van der Waals surface area contributed by atoms with Gasteiger partial charge in [-0.2, -0.15) is 0 Å². The first-order valence-corrected chi connectivity index (χ1v) is 20.7. The number of rotatable bonds is 4. The molecule has 0 radical (unpaired) electrons. The summed E-state index contributed by atoms with van der Waals surface area (Å²) >= 11 is 0. The number of nitrogens with zero attached hydrogens (tertiary/aromatic N) is 1. The first kappa shape index (κ1) is 34.9. The number of fused-ring (bicyclic) bond motifs is 8. The van der Waals surface area contributed by atoms with Crippen LogP contribution in [0.25, 0.3) is 99.5 Å². The molecule has 0 saturated carbocycles. The number of para-hydroxylation sites is 2. The van der Waals surface area contributed by atoms with E-state index < -0.39 is 0 Å². The number of hydrogen-bond acceptors (Lipinski definition) is 1. The Hall–Kier alpha value is -6.32. The van der Waals surface area contributed by atoms with E-state index in [4.69, 9.17) is 4.42 Å². The highest BCUT2D eigenvalue weighted by atomic mass is 16.3. The van der Waals surface area contributed by atoms with Crippen LogP contribution in [0.2, 0.25) is 0 Å². The van der Waals surface area contributed by atoms with Crippen LogP contribution in [0.5, 0.6) is 0 Å². The molecular formula is C51H40B5NO. The second kappa shape index (κ2) is 13.1. The van der Waals surface area contributed by atoms with Crippen LogP contribution in [-0.4, -0.2) is 43.8 Å². The lowest BCUT2D eigenvalue weighted by molar-refractivity contribution is 0.584. The highest BCUT2D eigenvalue weighted by Gasteiger charge is 2.26. The maximum Gasteiger partial charge on any atom is 0.139 e. The van der Waals surface area contributed by atoms with Gasteiger partial charge in [0.2, 0.25) is 0 Å². The summed E-state index contributed by atoms with van der Waals surface area (Å²) in [6.07, 6.45) is 5.40. The van der Waals surface area contributed by atoms with Crippen LogP contribution in [0.15, 0.2) is 144 Å². The molecular weight excluding hydrogens is 697 g/mol. The minimum absolute atomic E-state index is 0.435. The Morgan fingerprint density at radius 2 is 0.983 bits per heavy atom. The van der Waals surface area contributed by atoms with Gasteiger partial charge in [0.25, 0.3) is 0 Å². The van der Waals surface area contributed by atoms with Crippen molar-refractivity contribution >= 4 is 127 Å². The Labute approximate surface area is 343 Å². The van der Waals surface area contributed by atoms with Gasteiger partial charge in [0, 0.05) is 27.3 Å². The fraction of sp³-hybridized carbons (Fsp3) is 0.0588. The summed E-state index contributed by atoms with van der Waals surface area (Å²) in [7, 11) is 11.4. The van der Waals surface area contributed by atoms with Crippen LogP contribution in [0.3, 0.4) is 0 Å². The van der Waals surface area contributed by atoms with Crippen molar-refractivity contribution in [3.8, 4) is 39.1 Å². The van der Waals surface area contributed by atoms with Crippen LogP contribution in [-0.2, 0) is 6.42 Å². The molecule has 2 nitrogen and oxygen atoms in total. The lowest BCUT2D eigenvalue weighted by atomic mass is 9.59. The maximum atomic E-state index is 6.63. The van der Waals surface area contributed by atoms with E-state index in [0.717, 1.165) is 17.8 Å². The normalized spacial score (nSPS) is 14.0. The molecule has 11 rings (SSSR count). The number of aromatic nitrogens is 1. The quantitative estimate of drug-likeness (QED) is 0.177. The Morgan fingerprint density at radius 1 is 0.500 bits per heavy atom. The van der Waals surface area contributed by atoms with E-state index in [1.54, 1.807) is 0 Å². The highest BCUT2D eigenvalue weighted by molar-refractivity contribution is 6.69. The van der Waals surface area contributed by atoms with Gasteiger partial charge in [0.15, 0.2) is 0 Å². The van der Waals surface area contributed by atoms with Crippen molar-refractivity contribution < 1.29 is 4.42 Å². The fourth-order valence-electron chi connectivity index (χ4n) is 10.3. The molecule has 0 bridgehead atoms. The zero-order valence-electron chi connectivity index (χ0n) is 34.0. The van der Waals surface area contributed by atoms with E-state index >= 15 is 0 Å². The van der Waals surface area contributed by atoms with Gasteiger partial charge in [-0.3, -0.25) is 0 Å². The zero-order chi connectivity index (χ0) is 39.4. The summed E-state index contributed by atoms with van der Waals surface area (Å²) in [5.41, 5.74) is 20.3. The molecule has 0 N–H and O–H groups in total. The van der Waals surface area contributed by atoms with Crippen molar-refractivity contribution in [1.29, 1.82) is 0 Å². The van der Waals surface area contributed by atoms with Crippen molar-refractivity contribution in [2.45, 2.75) is 13.3 Å². The van der Waals surface area contributed by atoms with Crippen molar-refractivity contribution in [2.24, 2.45) is 5.92 Å². The third kappa shape index (κ3) is 4.99. The second-order valence-corrected chi connectivity index (χ2v) is 16.6. The molecule has 270 valence electrons. The molecule has 7 heteroatoms. The number of hydrogen-bond donors (Lipinski definition) is 0. The molecule has 0 fully saturated rings. The molecule has 58 heavy (non-hydrogen) atoms. The minimum atomic E-state index is 0.435. The first-order chi connectivity index (χ1) is 28.3. The van der Waals surface area contributed by atoms with Crippen molar-refractivity contribution in [2.75, 3.05) is 0 Å². The van der Waals surface area contributed by atoms with Gasteiger partial charge < -0.3 is 8.98 Å². The smallest absolute Gasteiger partial charge is 0.139 e. The monoisotopic (exact) mass is 737 g/mol. The van der Waals surface area contributed by atoms with E-state index in [1.165, 1.54) is 121 Å². The molecule has 1 aliphatic rings. The minimum Gasteiger partial charge on any atom is -0.456 e. The van der Waals surface area contributed by atoms with Gasteiger partial charge in [-0.25, -0.2) is 0 Å². The molecule has 1 unspecified atom stereocenters. The SMILES string of the molecule is Bc1c(B)c(B)c(-c2c3ccccc3c(-c3ccc(-c4ccc5oc6c(c5c4-n4c5ccccc5c5ccccc54)CC(C)C=C6)cc3)c3ccccc23)c(B)c1B. The molecule has 2 aromatic heterocycles. The van der Waals surface area contributed by atoms with Crippen molar-refractivity contribution in [1.82, 2.24) is 4.57 Å². The largest absolute Gasteiger partial charge is 0.456 e. The van der Waals surface area contributed by atoms with Crippen LogP contribution < -0.4 is 27.3 Å². The molecule has 2 heterocycles. The van der Waals surface area contributed by atoms with E-state index in [2.05, 4.69) is 196 Å². The lowest BCUT2D eigenvalue weighted by Gasteiger charge is -2.24. The van der Waals surface area contributed by atoms with E-state index in [1.807, 2.05) is 0 Å². The van der Waals surface area contributed by atoms with Gasteiger partial charge in [0.1, 0.15) is 50.6 Å². The molecule has 0 saturated heterocycles. The highest BCUT2D eigenvalue weighted by Crippen LogP contribution is 2.46. The molecule has 0 spiro atoms. The average molecular weight is 737 g/mol. The molecule has 8 aromatic carbocycles. The van der Waals surface area contributed by atoms with Crippen LogP contribution in [0.1, 0.15) is 18.2 Å². The summed E-state index contributed by atoms with van der Waals surface area (Å²) in [4.78, 5) is 0. The fourth-order valence-corrected chi connectivity index (χ4v) is 10.3. The molecule has 1 atom stereocenters. The Balaban J connectivity index is 1.16. The summed E-state index contributed by atoms with van der Waals surface area (Å²) in [6.45, 7) is 2.30. The third-order valence-corrected chi connectivity index (χ3v) is 13.5. The zero-order valence-corrected chi connectivity index (χ0v) is 34.0. The molecule has 0 aliphatic heterocycles. The number of allylic oxidation sites excluding steroid dienone is 1. The lowest BCUT2D eigenvalue weighted by Crippen LogP contribution is -2.55. The topological polar surface area (TPSA) is 18.1 Å².